The molecular formula is C5H7NOS. The van der Waals surface area contributed by atoms with Crippen LogP contribution in [0.1, 0.15) is 5.69 Å². The normalized spacial score (nSPS) is 9.62. The third-order valence-corrected chi connectivity index (χ3v) is 1.08. The number of nitrogens with zero attached hydrogens (tertiary/aromatic N) is 1. The van der Waals surface area contributed by atoms with Crippen LogP contribution in [0.25, 0.3) is 0 Å². The summed E-state index contributed by atoms with van der Waals surface area (Å²) >= 11 is 4.03. The van der Waals surface area contributed by atoms with Crippen molar-refractivity contribution in [3.05, 3.63) is 18.0 Å². The lowest BCUT2D eigenvalue weighted by atomic mass is 10.3. The van der Waals surface area contributed by atoms with E-state index in [1.807, 2.05) is 6.07 Å². The molecule has 0 aliphatic heterocycles. The van der Waals surface area contributed by atoms with Crippen LogP contribution in [-0.4, -0.2) is 10.9 Å². The van der Waals surface area contributed by atoms with Crippen molar-refractivity contribution in [3.8, 4) is 0 Å². The first kappa shape index (κ1) is 5.69. The molecular weight excluding hydrogens is 122 g/mol. The minimum Gasteiger partial charge on any atom is -0.365 e. The zero-order valence-electron chi connectivity index (χ0n) is 4.37. The van der Waals surface area contributed by atoms with E-state index in [-0.39, 0.29) is 0 Å². The smallest absolute Gasteiger partial charge is 0.124 e. The van der Waals surface area contributed by atoms with Crippen molar-refractivity contribution < 1.29 is 4.52 Å². The van der Waals surface area contributed by atoms with Crippen LogP contribution in [0.4, 0.5) is 0 Å². The third-order valence-electron chi connectivity index (χ3n) is 0.859. The largest absolute Gasteiger partial charge is 0.365 e. The molecule has 2 nitrogen and oxygen atoms in total. The Morgan fingerprint density at radius 1 is 1.75 bits per heavy atom. The molecule has 1 heterocycles. The summed E-state index contributed by atoms with van der Waals surface area (Å²) in [4.78, 5) is 0. The van der Waals surface area contributed by atoms with Gasteiger partial charge in [0.15, 0.2) is 0 Å². The molecule has 1 rings (SSSR count). The second kappa shape index (κ2) is 2.77. The number of hydrogen-bond acceptors (Lipinski definition) is 3. The van der Waals surface area contributed by atoms with E-state index in [0.717, 1.165) is 17.9 Å². The predicted octanol–water partition coefficient (Wildman–Crippen LogP) is 1.15. The second-order valence-corrected chi connectivity index (χ2v) is 1.91. The number of aromatic nitrogens is 1. The zero-order valence-corrected chi connectivity index (χ0v) is 5.27. The van der Waals surface area contributed by atoms with Crippen molar-refractivity contribution in [3.63, 3.8) is 0 Å². The first-order valence-corrected chi connectivity index (χ1v) is 3.07. The van der Waals surface area contributed by atoms with Gasteiger partial charge >= 0.3 is 0 Å². The van der Waals surface area contributed by atoms with Crippen LogP contribution in [0.15, 0.2) is 16.9 Å². The highest BCUT2D eigenvalue weighted by Crippen LogP contribution is 1.95. The summed E-state index contributed by atoms with van der Waals surface area (Å²) in [6.45, 7) is 0. The molecule has 0 saturated carbocycles. The van der Waals surface area contributed by atoms with Gasteiger partial charge in [0.25, 0.3) is 0 Å². The van der Waals surface area contributed by atoms with Crippen molar-refractivity contribution in [2.45, 2.75) is 6.42 Å². The van der Waals surface area contributed by atoms with Crippen molar-refractivity contribution in [2.75, 3.05) is 5.75 Å². The van der Waals surface area contributed by atoms with E-state index in [0.29, 0.717) is 0 Å². The molecule has 0 aliphatic rings. The van der Waals surface area contributed by atoms with E-state index >= 15 is 0 Å². The Labute approximate surface area is 53.3 Å². The van der Waals surface area contributed by atoms with E-state index in [1.54, 1.807) is 6.26 Å². The molecule has 8 heavy (non-hydrogen) atoms. The van der Waals surface area contributed by atoms with Gasteiger partial charge in [-0.2, -0.15) is 12.6 Å². The lowest BCUT2D eigenvalue weighted by Gasteiger charge is -1.82. The molecule has 0 spiro atoms. The van der Waals surface area contributed by atoms with Gasteiger partial charge in [0.1, 0.15) is 6.26 Å². The maximum atomic E-state index is 4.58. The van der Waals surface area contributed by atoms with Crippen molar-refractivity contribution in [1.82, 2.24) is 5.16 Å². The molecule has 0 atom stereocenters. The Kier molecular flexibility index (Phi) is 1.97. The summed E-state index contributed by atoms with van der Waals surface area (Å²) in [5.41, 5.74) is 0.972. The monoisotopic (exact) mass is 129 g/mol. The minimum atomic E-state index is 0.826. The Bertz CT molecular complexity index is 138. The van der Waals surface area contributed by atoms with Gasteiger partial charge in [-0.3, -0.25) is 0 Å². The average molecular weight is 129 g/mol. The van der Waals surface area contributed by atoms with Gasteiger partial charge < -0.3 is 4.52 Å². The van der Waals surface area contributed by atoms with Crippen LogP contribution in [0.2, 0.25) is 0 Å². The van der Waals surface area contributed by atoms with E-state index in [1.165, 1.54) is 0 Å². The van der Waals surface area contributed by atoms with Crippen LogP contribution in [-0.2, 0) is 6.42 Å². The molecule has 0 fully saturated rings. The molecule has 1 aromatic rings. The van der Waals surface area contributed by atoms with Gasteiger partial charge in [0, 0.05) is 12.5 Å². The summed E-state index contributed by atoms with van der Waals surface area (Å²) < 4.78 is 4.58. The molecule has 0 bridgehead atoms. The second-order valence-electron chi connectivity index (χ2n) is 1.46. The quantitative estimate of drug-likeness (QED) is 0.606. The van der Waals surface area contributed by atoms with E-state index in [9.17, 15) is 0 Å². The predicted molar refractivity (Wildman–Crippen MR) is 34.1 cm³/mol. The number of hydrogen-bond donors (Lipinski definition) is 1. The molecule has 0 saturated heterocycles. The van der Waals surface area contributed by atoms with Crippen molar-refractivity contribution in [2.24, 2.45) is 0 Å². The molecule has 0 aromatic carbocycles. The molecule has 0 amide bonds. The zero-order chi connectivity index (χ0) is 5.82. The summed E-state index contributed by atoms with van der Waals surface area (Å²) in [6, 6.07) is 1.84. The lowest BCUT2D eigenvalue weighted by Crippen LogP contribution is -1.83. The van der Waals surface area contributed by atoms with Crippen LogP contribution >= 0.6 is 12.6 Å². The summed E-state index contributed by atoms with van der Waals surface area (Å²) in [5, 5.41) is 3.68. The maximum Gasteiger partial charge on any atom is 0.124 e. The van der Waals surface area contributed by atoms with Crippen molar-refractivity contribution >= 4 is 12.6 Å². The molecule has 0 aliphatic carbocycles. The van der Waals surface area contributed by atoms with Gasteiger partial charge in [0.2, 0.25) is 0 Å². The first-order valence-electron chi connectivity index (χ1n) is 2.43. The van der Waals surface area contributed by atoms with Gasteiger partial charge in [-0.1, -0.05) is 5.16 Å². The van der Waals surface area contributed by atoms with Gasteiger partial charge in [-0.15, -0.1) is 0 Å². The van der Waals surface area contributed by atoms with E-state index in [4.69, 9.17) is 0 Å². The summed E-state index contributed by atoms with van der Waals surface area (Å²) in [7, 11) is 0. The Morgan fingerprint density at radius 3 is 3.12 bits per heavy atom. The van der Waals surface area contributed by atoms with Crippen LogP contribution in [0, 0.1) is 0 Å². The standard InChI is InChI=1S/C5H7NOS/c8-4-2-5-1-3-7-6-5/h1,3,8H,2,4H2. The van der Waals surface area contributed by atoms with Gasteiger partial charge in [-0.05, 0) is 5.75 Å². The SMILES string of the molecule is SCCc1ccon1. The summed E-state index contributed by atoms with van der Waals surface area (Å²) in [6.07, 6.45) is 2.46. The number of thiol groups is 1. The first-order chi connectivity index (χ1) is 3.93. The topological polar surface area (TPSA) is 26.0 Å². The Morgan fingerprint density at radius 2 is 2.62 bits per heavy atom. The van der Waals surface area contributed by atoms with Gasteiger partial charge in [0.05, 0.1) is 5.69 Å². The van der Waals surface area contributed by atoms with Crippen LogP contribution in [0.5, 0.6) is 0 Å². The molecule has 0 unspecified atom stereocenters. The average Bonchev–Trinajstić information content (AvgIpc) is 2.19. The van der Waals surface area contributed by atoms with E-state index < -0.39 is 0 Å². The fraction of sp³-hybridized carbons (Fsp3) is 0.400. The van der Waals surface area contributed by atoms with Crippen LogP contribution < -0.4 is 0 Å². The number of aryl methyl sites for hydroxylation is 1. The minimum absolute atomic E-state index is 0.826. The highest BCUT2D eigenvalue weighted by Gasteiger charge is 1.90. The molecule has 3 heteroatoms. The summed E-state index contributed by atoms with van der Waals surface area (Å²) in [5.74, 6) is 0.826. The third kappa shape index (κ3) is 1.26. The lowest BCUT2D eigenvalue weighted by molar-refractivity contribution is 0.412. The molecule has 0 radical (unpaired) electrons. The Balaban J connectivity index is 2.50. The fourth-order valence-electron chi connectivity index (χ4n) is 0.481. The fourth-order valence-corrected chi connectivity index (χ4v) is 0.710. The molecule has 0 N–H and O–H groups in total. The van der Waals surface area contributed by atoms with Gasteiger partial charge in [-0.25, -0.2) is 0 Å². The highest BCUT2D eigenvalue weighted by molar-refractivity contribution is 7.80. The van der Waals surface area contributed by atoms with Crippen molar-refractivity contribution in [1.29, 1.82) is 0 Å². The highest BCUT2D eigenvalue weighted by atomic mass is 32.1. The number of rotatable bonds is 2. The molecule has 44 valence electrons. The maximum absolute atomic E-state index is 4.58. The van der Waals surface area contributed by atoms with Crippen LogP contribution in [0.3, 0.4) is 0 Å². The van der Waals surface area contributed by atoms with E-state index in [2.05, 4.69) is 22.3 Å². The Hall–Kier alpha value is -0.440. The molecule has 1 aromatic heterocycles.